The molecule has 3 amide bonds. The highest BCUT2D eigenvalue weighted by atomic mass is 16.2. The summed E-state index contributed by atoms with van der Waals surface area (Å²) >= 11 is 0. The fourth-order valence-electron chi connectivity index (χ4n) is 2.93. The van der Waals surface area contributed by atoms with Crippen molar-refractivity contribution in [2.45, 2.75) is 45.1 Å². The van der Waals surface area contributed by atoms with Crippen LogP contribution in [0.5, 0.6) is 0 Å². The summed E-state index contributed by atoms with van der Waals surface area (Å²) in [5.41, 5.74) is 5.33. The summed E-state index contributed by atoms with van der Waals surface area (Å²) in [4.78, 5) is 32.7. The molecule has 1 aromatic rings. The molecule has 0 radical (unpaired) electrons. The van der Waals surface area contributed by atoms with Gasteiger partial charge in [-0.25, -0.2) is 0 Å². The van der Waals surface area contributed by atoms with Crippen molar-refractivity contribution in [1.29, 1.82) is 0 Å². The Kier molecular flexibility index (Phi) is 9.29. The first-order valence-corrected chi connectivity index (χ1v) is 8.78. The number of rotatable bonds is 7. The van der Waals surface area contributed by atoms with Gasteiger partial charge in [-0.05, 0) is 30.7 Å². The molecular weight excluding hydrogens is 318 g/mol. The first-order valence-electron chi connectivity index (χ1n) is 8.78. The van der Waals surface area contributed by atoms with Crippen molar-refractivity contribution in [3.05, 3.63) is 35.9 Å². The Morgan fingerprint density at radius 2 is 1.88 bits per heavy atom. The number of carbonyl (C=O) groups excluding carboxylic acids is 3. The molecule has 0 aromatic heterocycles. The second-order valence-electron chi connectivity index (χ2n) is 6.21. The molecule has 1 saturated carbocycles. The van der Waals surface area contributed by atoms with E-state index in [1.807, 2.05) is 25.1 Å². The van der Waals surface area contributed by atoms with Crippen molar-refractivity contribution in [2.24, 2.45) is 17.6 Å². The molecule has 0 bridgehead atoms. The number of hydrogen-bond acceptors (Lipinski definition) is 3. The zero-order valence-electron chi connectivity index (χ0n) is 15.0. The molecule has 1 aliphatic rings. The third-order valence-corrected chi connectivity index (χ3v) is 4.65. The van der Waals surface area contributed by atoms with Crippen molar-refractivity contribution in [1.82, 2.24) is 10.6 Å². The van der Waals surface area contributed by atoms with Crippen LogP contribution >= 0.6 is 0 Å². The Labute approximate surface area is 149 Å². The highest BCUT2D eigenvalue weighted by Gasteiger charge is 2.31. The van der Waals surface area contributed by atoms with Gasteiger partial charge in [0.15, 0.2) is 0 Å². The summed E-state index contributed by atoms with van der Waals surface area (Å²) in [6.07, 6.45) is 4.73. The maximum Gasteiger partial charge on any atom is 0.224 e. The Morgan fingerprint density at radius 3 is 2.32 bits per heavy atom. The predicted molar refractivity (Wildman–Crippen MR) is 97.4 cm³/mol. The van der Waals surface area contributed by atoms with Gasteiger partial charge in [-0.15, -0.1) is 0 Å². The van der Waals surface area contributed by atoms with Gasteiger partial charge in [-0.2, -0.15) is 0 Å². The Hall–Kier alpha value is -2.37. The van der Waals surface area contributed by atoms with E-state index in [1.54, 1.807) is 7.05 Å². The zero-order valence-corrected chi connectivity index (χ0v) is 15.0. The molecule has 0 aliphatic heterocycles. The molecule has 1 fully saturated rings. The smallest absolute Gasteiger partial charge is 0.224 e. The average molecular weight is 347 g/mol. The Bertz CT molecular complexity index is 544. The van der Waals surface area contributed by atoms with Crippen LogP contribution in [-0.2, 0) is 14.4 Å². The lowest BCUT2D eigenvalue weighted by molar-refractivity contribution is -0.131. The van der Waals surface area contributed by atoms with Crippen molar-refractivity contribution >= 4 is 18.2 Å². The van der Waals surface area contributed by atoms with Gasteiger partial charge in [0, 0.05) is 19.4 Å². The number of nitrogens with one attached hydrogen (secondary N) is 2. The summed E-state index contributed by atoms with van der Waals surface area (Å²) < 4.78 is 0. The second-order valence-corrected chi connectivity index (χ2v) is 6.21. The minimum atomic E-state index is -0.258. The quantitative estimate of drug-likeness (QED) is 0.657. The van der Waals surface area contributed by atoms with E-state index in [4.69, 9.17) is 4.79 Å². The maximum atomic E-state index is 12.6. The summed E-state index contributed by atoms with van der Waals surface area (Å²) in [6, 6.07) is 10.2. The minimum Gasteiger partial charge on any atom is -0.372 e. The SMILES string of the molecule is CCC(CC(=O)NC)C(=O)NC(c1ccccc1)C1CCC1.NC=O. The first-order chi connectivity index (χ1) is 12.1. The molecule has 0 heterocycles. The fourth-order valence-corrected chi connectivity index (χ4v) is 2.93. The summed E-state index contributed by atoms with van der Waals surface area (Å²) in [6.45, 7) is 1.95. The Balaban J connectivity index is 0.000000970. The number of amides is 3. The average Bonchev–Trinajstić information content (AvgIpc) is 2.58. The molecule has 6 nitrogen and oxygen atoms in total. The van der Waals surface area contributed by atoms with Crippen LogP contribution in [-0.4, -0.2) is 25.3 Å². The summed E-state index contributed by atoms with van der Waals surface area (Å²) in [5.74, 6) is 0.170. The van der Waals surface area contributed by atoms with E-state index in [1.165, 1.54) is 6.42 Å². The highest BCUT2D eigenvalue weighted by Crippen LogP contribution is 2.37. The van der Waals surface area contributed by atoms with Crippen LogP contribution in [0.3, 0.4) is 0 Å². The molecule has 6 heteroatoms. The molecule has 4 N–H and O–H groups in total. The topological polar surface area (TPSA) is 101 Å². The van der Waals surface area contributed by atoms with E-state index >= 15 is 0 Å². The van der Waals surface area contributed by atoms with Crippen molar-refractivity contribution in [3.63, 3.8) is 0 Å². The van der Waals surface area contributed by atoms with E-state index in [9.17, 15) is 9.59 Å². The van der Waals surface area contributed by atoms with Gasteiger partial charge in [-0.1, -0.05) is 43.7 Å². The van der Waals surface area contributed by atoms with Crippen LogP contribution in [0.2, 0.25) is 0 Å². The largest absolute Gasteiger partial charge is 0.372 e. The summed E-state index contributed by atoms with van der Waals surface area (Å²) in [7, 11) is 1.61. The number of hydrogen-bond donors (Lipinski definition) is 3. The molecule has 2 unspecified atom stereocenters. The first kappa shape index (κ1) is 20.7. The van der Waals surface area contributed by atoms with E-state index in [2.05, 4.69) is 28.5 Å². The third-order valence-electron chi connectivity index (χ3n) is 4.65. The van der Waals surface area contributed by atoms with Crippen LogP contribution < -0.4 is 16.4 Å². The molecule has 2 atom stereocenters. The van der Waals surface area contributed by atoms with Gasteiger partial charge in [0.05, 0.1) is 6.04 Å². The monoisotopic (exact) mass is 347 g/mol. The predicted octanol–water partition coefficient (Wildman–Crippen LogP) is 1.91. The van der Waals surface area contributed by atoms with E-state index in [0.29, 0.717) is 12.3 Å². The Morgan fingerprint density at radius 1 is 1.28 bits per heavy atom. The van der Waals surface area contributed by atoms with E-state index in [0.717, 1.165) is 18.4 Å². The van der Waals surface area contributed by atoms with Crippen LogP contribution in [0.25, 0.3) is 0 Å². The second kappa shape index (κ2) is 11.2. The van der Waals surface area contributed by atoms with Crippen molar-refractivity contribution in [2.75, 3.05) is 7.05 Å². The fraction of sp³-hybridized carbons (Fsp3) is 0.526. The number of benzene rings is 1. The lowest BCUT2D eigenvalue weighted by Gasteiger charge is -2.35. The van der Waals surface area contributed by atoms with E-state index in [-0.39, 0.29) is 36.6 Å². The highest BCUT2D eigenvalue weighted by molar-refractivity contribution is 5.85. The lowest BCUT2D eigenvalue weighted by Crippen LogP contribution is -2.40. The summed E-state index contributed by atoms with van der Waals surface area (Å²) in [5, 5.41) is 5.79. The van der Waals surface area contributed by atoms with Crippen LogP contribution in [0.15, 0.2) is 30.3 Å². The standard InChI is InChI=1S/C18H26N2O2.CH3NO/c1-3-13(12-16(21)19-2)18(22)20-17(15-10-7-11-15)14-8-5-4-6-9-14;2-1-3/h4-6,8-9,13,15,17H,3,7,10-12H2,1-2H3,(H,19,21)(H,20,22);1H,(H2,2,3). The van der Waals surface area contributed by atoms with Crippen molar-refractivity contribution < 1.29 is 14.4 Å². The third kappa shape index (κ3) is 6.57. The molecule has 1 aliphatic carbocycles. The van der Waals surface area contributed by atoms with Gasteiger partial charge in [0.1, 0.15) is 0 Å². The maximum absolute atomic E-state index is 12.6. The number of nitrogens with two attached hydrogens (primary N) is 1. The molecule has 2 rings (SSSR count). The number of carbonyl (C=O) groups is 3. The molecule has 0 spiro atoms. The van der Waals surface area contributed by atoms with Gasteiger partial charge in [-0.3, -0.25) is 14.4 Å². The number of primary amides is 1. The molecule has 138 valence electrons. The van der Waals surface area contributed by atoms with Crippen LogP contribution in [0, 0.1) is 11.8 Å². The molecule has 0 saturated heterocycles. The molecule has 1 aromatic carbocycles. The van der Waals surface area contributed by atoms with Crippen LogP contribution in [0.1, 0.15) is 50.6 Å². The van der Waals surface area contributed by atoms with Gasteiger partial charge in [0.25, 0.3) is 0 Å². The molecular formula is C19H29N3O3. The lowest BCUT2D eigenvalue weighted by atomic mass is 9.77. The zero-order chi connectivity index (χ0) is 18.7. The van der Waals surface area contributed by atoms with Crippen LogP contribution in [0.4, 0.5) is 0 Å². The van der Waals surface area contributed by atoms with Gasteiger partial charge < -0.3 is 16.4 Å². The minimum absolute atomic E-state index is 0.00754. The normalized spacial score (nSPS) is 15.6. The van der Waals surface area contributed by atoms with Crippen molar-refractivity contribution in [3.8, 4) is 0 Å². The van der Waals surface area contributed by atoms with Gasteiger partial charge >= 0.3 is 0 Å². The molecule has 25 heavy (non-hydrogen) atoms. The van der Waals surface area contributed by atoms with Gasteiger partial charge in [0.2, 0.25) is 18.2 Å². The van der Waals surface area contributed by atoms with E-state index < -0.39 is 0 Å².